The van der Waals surface area contributed by atoms with Gasteiger partial charge in [-0.3, -0.25) is 4.79 Å². The molecule has 0 saturated carbocycles. The van der Waals surface area contributed by atoms with E-state index in [-0.39, 0.29) is 5.91 Å². The quantitative estimate of drug-likeness (QED) is 0.202. The number of carbonyl (C=O) groups is 1. The fourth-order valence-corrected chi connectivity index (χ4v) is 5.22. The first-order chi connectivity index (χ1) is 17.4. The van der Waals surface area contributed by atoms with Crippen molar-refractivity contribution in [2.75, 3.05) is 13.7 Å². The SMILES string of the molecule is CCOc1ccc(N=C2NC(=O)/C(=C\c3cc(I)c(OCc4ccc(Cl)c(Cl)c4)c(OC)c3)S2)cc1. The molecule has 0 aliphatic carbocycles. The smallest absolute Gasteiger partial charge is 0.264 e. The van der Waals surface area contributed by atoms with Gasteiger partial charge in [0.1, 0.15) is 12.4 Å². The fourth-order valence-electron chi connectivity index (χ4n) is 3.28. The lowest BCUT2D eigenvalue weighted by Crippen LogP contribution is -2.19. The van der Waals surface area contributed by atoms with Gasteiger partial charge in [0.25, 0.3) is 5.91 Å². The molecular formula is C26H21Cl2IN2O4S. The van der Waals surface area contributed by atoms with Crippen LogP contribution in [-0.2, 0) is 11.4 Å². The van der Waals surface area contributed by atoms with Crippen LogP contribution in [0.4, 0.5) is 5.69 Å². The van der Waals surface area contributed by atoms with Crippen molar-refractivity contribution < 1.29 is 19.0 Å². The van der Waals surface area contributed by atoms with E-state index in [9.17, 15) is 4.79 Å². The highest BCUT2D eigenvalue weighted by Gasteiger charge is 2.24. The predicted octanol–water partition coefficient (Wildman–Crippen LogP) is 7.48. The number of carbonyl (C=O) groups excluding carboxylic acids is 1. The Labute approximate surface area is 237 Å². The lowest BCUT2D eigenvalue weighted by Gasteiger charge is -2.14. The maximum atomic E-state index is 12.6. The number of thioether (sulfide) groups is 1. The molecule has 3 aromatic carbocycles. The van der Waals surface area contributed by atoms with E-state index in [1.165, 1.54) is 11.8 Å². The summed E-state index contributed by atoms with van der Waals surface area (Å²) in [5.41, 5.74) is 2.41. The summed E-state index contributed by atoms with van der Waals surface area (Å²) in [7, 11) is 1.58. The molecule has 1 heterocycles. The van der Waals surface area contributed by atoms with Gasteiger partial charge in [-0.25, -0.2) is 4.99 Å². The van der Waals surface area contributed by atoms with Gasteiger partial charge in [-0.05, 0) is 107 Å². The number of aliphatic imine (C=N–C) groups is 1. The monoisotopic (exact) mass is 654 g/mol. The summed E-state index contributed by atoms with van der Waals surface area (Å²) >= 11 is 15.6. The Hall–Kier alpha value is -2.40. The van der Waals surface area contributed by atoms with Gasteiger partial charge >= 0.3 is 0 Å². The number of ether oxygens (including phenoxy) is 3. The minimum atomic E-state index is -0.210. The van der Waals surface area contributed by atoms with E-state index in [0.717, 1.165) is 26.1 Å². The number of methoxy groups -OCH3 is 1. The Kier molecular flexibility index (Phi) is 9.05. The van der Waals surface area contributed by atoms with Crippen molar-refractivity contribution >= 4 is 80.4 Å². The van der Waals surface area contributed by atoms with Crippen LogP contribution < -0.4 is 19.5 Å². The summed E-state index contributed by atoms with van der Waals surface area (Å²) in [6.45, 7) is 2.83. The van der Waals surface area contributed by atoms with Crippen molar-refractivity contribution in [2.24, 2.45) is 4.99 Å². The number of halogens is 3. The van der Waals surface area contributed by atoms with Gasteiger partial charge in [-0.2, -0.15) is 0 Å². The molecule has 1 N–H and O–H groups in total. The van der Waals surface area contributed by atoms with Crippen molar-refractivity contribution in [3.05, 3.63) is 84.2 Å². The zero-order chi connectivity index (χ0) is 25.7. The highest BCUT2D eigenvalue weighted by atomic mass is 127. The van der Waals surface area contributed by atoms with Gasteiger partial charge in [0.15, 0.2) is 16.7 Å². The van der Waals surface area contributed by atoms with Crippen LogP contribution in [0, 0.1) is 3.57 Å². The van der Waals surface area contributed by atoms with Crippen LogP contribution in [-0.4, -0.2) is 24.8 Å². The summed E-state index contributed by atoms with van der Waals surface area (Å²) in [5.74, 6) is 1.73. The molecule has 1 amide bonds. The van der Waals surface area contributed by atoms with Crippen molar-refractivity contribution in [3.63, 3.8) is 0 Å². The molecule has 1 saturated heterocycles. The van der Waals surface area contributed by atoms with E-state index in [4.69, 9.17) is 37.4 Å². The van der Waals surface area contributed by atoms with Crippen LogP contribution in [0.15, 0.2) is 64.5 Å². The third kappa shape index (κ3) is 6.67. The number of amides is 1. The Morgan fingerprint density at radius 2 is 1.83 bits per heavy atom. The van der Waals surface area contributed by atoms with Crippen LogP contribution in [0.25, 0.3) is 6.08 Å². The Balaban J connectivity index is 1.50. The Bertz CT molecular complexity index is 1350. The maximum absolute atomic E-state index is 12.6. The second-order valence-corrected chi connectivity index (χ2v) is 10.5. The maximum Gasteiger partial charge on any atom is 0.264 e. The van der Waals surface area contributed by atoms with Gasteiger partial charge in [0, 0.05) is 0 Å². The first-order valence-electron chi connectivity index (χ1n) is 10.8. The number of rotatable bonds is 8. The minimum Gasteiger partial charge on any atom is -0.494 e. The van der Waals surface area contributed by atoms with Crippen LogP contribution in [0.5, 0.6) is 17.2 Å². The predicted molar refractivity (Wildman–Crippen MR) is 155 cm³/mol. The molecule has 1 aliphatic heterocycles. The van der Waals surface area contributed by atoms with E-state index in [1.807, 2.05) is 49.4 Å². The van der Waals surface area contributed by atoms with Gasteiger partial charge in [0.2, 0.25) is 0 Å². The number of nitrogens with zero attached hydrogens (tertiary/aromatic N) is 1. The Morgan fingerprint density at radius 3 is 2.53 bits per heavy atom. The van der Waals surface area contributed by atoms with Gasteiger partial charge < -0.3 is 19.5 Å². The third-order valence-corrected chi connectivity index (χ3v) is 7.40. The van der Waals surface area contributed by atoms with Crippen molar-refractivity contribution in [1.82, 2.24) is 5.32 Å². The molecule has 1 fully saturated rings. The molecule has 4 rings (SSSR count). The molecule has 0 unspecified atom stereocenters. The summed E-state index contributed by atoms with van der Waals surface area (Å²) < 4.78 is 17.9. The van der Waals surface area contributed by atoms with Crippen LogP contribution in [0.1, 0.15) is 18.1 Å². The number of hydrogen-bond donors (Lipinski definition) is 1. The van der Waals surface area contributed by atoms with Gasteiger partial charge in [-0.15, -0.1) is 0 Å². The number of hydrogen-bond acceptors (Lipinski definition) is 6. The number of nitrogens with one attached hydrogen (secondary N) is 1. The number of amidine groups is 1. The summed E-state index contributed by atoms with van der Waals surface area (Å²) in [4.78, 5) is 17.6. The molecule has 0 bridgehead atoms. The van der Waals surface area contributed by atoms with E-state index in [2.05, 4.69) is 32.9 Å². The van der Waals surface area contributed by atoms with Crippen LogP contribution in [0.3, 0.4) is 0 Å². The third-order valence-electron chi connectivity index (χ3n) is 4.95. The highest BCUT2D eigenvalue weighted by Crippen LogP contribution is 2.37. The normalized spacial score (nSPS) is 15.3. The molecule has 0 spiro atoms. The molecule has 0 atom stereocenters. The van der Waals surface area contributed by atoms with Crippen molar-refractivity contribution in [2.45, 2.75) is 13.5 Å². The Morgan fingerprint density at radius 1 is 1.06 bits per heavy atom. The van der Waals surface area contributed by atoms with Crippen molar-refractivity contribution in [1.29, 1.82) is 0 Å². The molecule has 0 aromatic heterocycles. The van der Waals surface area contributed by atoms with Crippen LogP contribution >= 0.6 is 57.6 Å². The molecule has 10 heteroatoms. The molecule has 186 valence electrons. The first-order valence-corrected chi connectivity index (χ1v) is 13.5. The molecule has 3 aromatic rings. The average Bonchev–Trinajstić information content (AvgIpc) is 3.19. The summed E-state index contributed by atoms with van der Waals surface area (Å²) in [5, 5.41) is 4.29. The zero-order valence-electron chi connectivity index (χ0n) is 19.3. The number of benzene rings is 3. The summed E-state index contributed by atoms with van der Waals surface area (Å²) in [6, 6.07) is 16.5. The van der Waals surface area contributed by atoms with E-state index >= 15 is 0 Å². The highest BCUT2D eigenvalue weighted by molar-refractivity contribution is 14.1. The van der Waals surface area contributed by atoms with E-state index in [1.54, 1.807) is 25.3 Å². The zero-order valence-corrected chi connectivity index (χ0v) is 23.8. The topological polar surface area (TPSA) is 69.2 Å². The minimum absolute atomic E-state index is 0.210. The molecule has 0 radical (unpaired) electrons. The first kappa shape index (κ1) is 26.7. The second kappa shape index (κ2) is 12.2. The van der Waals surface area contributed by atoms with Crippen molar-refractivity contribution in [3.8, 4) is 17.2 Å². The van der Waals surface area contributed by atoms with E-state index < -0.39 is 0 Å². The van der Waals surface area contributed by atoms with E-state index in [0.29, 0.717) is 44.8 Å². The lowest BCUT2D eigenvalue weighted by atomic mass is 10.2. The van der Waals surface area contributed by atoms with Gasteiger partial charge in [-0.1, -0.05) is 29.3 Å². The standard InChI is InChI=1S/C26H21Cl2IN2O4S/c1-3-34-18-7-5-17(6-8-18)30-26-31-25(32)23(36-26)13-16-11-21(29)24(22(12-16)33-2)35-14-15-4-9-19(27)20(28)10-15/h4-13H,3,14H2,1-2H3,(H,30,31,32)/b23-13+. The van der Waals surface area contributed by atoms with Crippen LogP contribution in [0.2, 0.25) is 10.0 Å². The fraction of sp³-hybridized carbons (Fsp3) is 0.154. The largest absolute Gasteiger partial charge is 0.494 e. The molecule has 6 nitrogen and oxygen atoms in total. The average molecular weight is 655 g/mol. The molecular weight excluding hydrogens is 634 g/mol. The molecule has 36 heavy (non-hydrogen) atoms. The summed E-state index contributed by atoms with van der Waals surface area (Å²) in [6.07, 6.45) is 1.80. The van der Waals surface area contributed by atoms with Gasteiger partial charge in [0.05, 0.1) is 37.9 Å². The lowest BCUT2D eigenvalue weighted by molar-refractivity contribution is -0.115. The molecule has 1 aliphatic rings. The second-order valence-electron chi connectivity index (χ2n) is 7.48.